The van der Waals surface area contributed by atoms with Gasteiger partial charge in [-0.3, -0.25) is 4.79 Å². The van der Waals surface area contributed by atoms with Crippen molar-refractivity contribution in [2.45, 2.75) is 25.9 Å². The van der Waals surface area contributed by atoms with Crippen LogP contribution in [-0.2, 0) is 13.0 Å². The maximum atomic E-state index is 12.0. The summed E-state index contributed by atoms with van der Waals surface area (Å²) in [4.78, 5) is 12.0. The Kier molecular flexibility index (Phi) is 2.61. The third-order valence-corrected chi connectivity index (χ3v) is 4.42. The summed E-state index contributed by atoms with van der Waals surface area (Å²) in [5.74, 6) is 1.08. The van der Waals surface area contributed by atoms with E-state index in [-0.39, 0.29) is 5.78 Å². The molecule has 20 heavy (non-hydrogen) atoms. The largest absolute Gasteiger partial charge is 0.488 e. The number of fused-ring (bicyclic) bond motifs is 4. The van der Waals surface area contributed by atoms with Crippen LogP contribution in [0.1, 0.15) is 34.3 Å². The van der Waals surface area contributed by atoms with Crippen LogP contribution in [0.3, 0.4) is 0 Å². The lowest BCUT2D eigenvalue weighted by molar-refractivity contribution is 0.0972. The number of Topliss-reactive ketones (excluding diaryl/α,β-unsaturated/α-hetero) is 1. The van der Waals surface area contributed by atoms with Crippen LogP contribution in [0.5, 0.6) is 5.75 Å². The van der Waals surface area contributed by atoms with Gasteiger partial charge in [0, 0.05) is 17.5 Å². The molecule has 1 aliphatic carbocycles. The maximum Gasteiger partial charge on any atom is 0.163 e. The van der Waals surface area contributed by atoms with E-state index in [1.807, 2.05) is 24.3 Å². The summed E-state index contributed by atoms with van der Waals surface area (Å²) >= 11 is 6.33. The van der Waals surface area contributed by atoms with Gasteiger partial charge in [-0.2, -0.15) is 0 Å². The quantitative estimate of drug-likeness (QED) is 0.716. The molecule has 0 bridgehead atoms. The van der Waals surface area contributed by atoms with Gasteiger partial charge >= 0.3 is 0 Å². The van der Waals surface area contributed by atoms with E-state index in [0.29, 0.717) is 18.1 Å². The van der Waals surface area contributed by atoms with Crippen molar-refractivity contribution in [1.29, 1.82) is 0 Å². The highest BCUT2D eigenvalue weighted by atomic mass is 35.5. The van der Waals surface area contributed by atoms with E-state index >= 15 is 0 Å². The minimum absolute atomic E-state index is 0.249. The Labute approximate surface area is 122 Å². The van der Waals surface area contributed by atoms with Crippen molar-refractivity contribution in [3.05, 3.63) is 52.0 Å². The molecule has 0 N–H and O–H groups in total. The highest BCUT2D eigenvalue weighted by Crippen LogP contribution is 2.43. The van der Waals surface area contributed by atoms with Crippen LogP contribution >= 0.6 is 11.6 Å². The second-order valence-corrected chi connectivity index (χ2v) is 5.75. The molecule has 2 aromatic rings. The van der Waals surface area contributed by atoms with Crippen LogP contribution in [0.25, 0.3) is 11.1 Å². The van der Waals surface area contributed by atoms with Crippen molar-refractivity contribution in [2.24, 2.45) is 0 Å². The fourth-order valence-electron chi connectivity index (χ4n) is 3.12. The van der Waals surface area contributed by atoms with Gasteiger partial charge in [-0.15, -0.1) is 0 Å². The van der Waals surface area contributed by atoms with E-state index in [9.17, 15) is 4.79 Å². The smallest absolute Gasteiger partial charge is 0.163 e. The molecule has 0 spiro atoms. The van der Waals surface area contributed by atoms with Gasteiger partial charge in [-0.1, -0.05) is 17.7 Å². The lowest BCUT2D eigenvalue weighted by Gasteiger charge is -2.25. The number of aryl methyl sites for hydroxylation is 1. The summed E-state index contributed by atoms with van der Waals surface area (Å²) in [5, 5.41) is 0.700. The second-order valence-electron chi connectivity index (χ2n) is 5.34. The predicted octanol–water partition coefficient (Wildman–Crippen LogP) is 4.42. The Morgan fingerprint density at radius 1 is 1.05 bits per heavy atom. The van der Waals surface area contributed by atoms with Gasteiger partial charge in [0.15, 0.2) is 5.78 Å². The van der Waals surface area contributed by atoms with Gasteiger partial charge < -0.3 is 4.74 Å². The Morgan fingerprint density at radius 2 is 1.90 bits per heavy atom. The number of carbonyl (C=O) groups is 1. The van der Waals surface area contributed by atoms with Gasteiger partial charge in [0.2, 0.25) is 0 Å². The summed E-state index contributed by atoms with van der Waals surface area (Å²) in [5.41, 5.74) is 5.14. The molecule has 0 aromatic heterocycles. The molecule has 0 saturated carbocycles. The van der Waals surface area contributed by atoms with Crippen molar-refractivity contribution in [3.63, 3.8) is 0 Å². The van der Waals surface area contributed by atoms with Gasteiger partial charge in [-0.25, -0.2) is 0 Å². The van der Waals surface area contributed by atoms with Crippen molar-refractivity contribution in [3.8, 4) is 16.9 Å². The predicted molar refractivity (Wildman–Crippen MR) is 78.5 cm³/mol. The zero-order valence-corrected chi connectivity index (χ0v) is 11.7. The minimum atomic E-state index is 0.249. The highest BCUT2D eigenvalue weighted by molar-refractivity contribution is 6.33. The lowest BCUT2D eigenvalue weighted by atomic mass is 9.85. The molecule has 2 aliphatic rings. The molecule has 4 rings (SSSR count). The van der Waals surface area contributed by atoms with Crippen molar-refractivity contribution in [2.75, 3.05) is 0 Å². The Morgan fingerprint density at radius 3 is 2.80 bits per heavy atom. The first kappa shape index (κ1) is 12.0. The number of carbonyl (C=O) groups excluding carboxylic acids is 1. The monoisotopic (exact) mass is 284 g/mol. The summed E-state index contributed by atoms with van der Waals surface area (Å²) in [6, 6.07) is 9.85. The first-order valence-corrected chi connectivity index (χ1v) is 7.22. The van der Waals surface area contributed by atoms with E-state index in [1.54, 1.807) is 0 Å². The molecular weight excluding hydrogens is 272 g/mol. The topological polar surface area (TPSA) is 26.3 Å². The van der Waals surface area contributed by atoms with Crippen molar-refractivity contribution >= 4 is 17.4 Å². The Balaban J connectivity index is 1.98. The van der Waals surface area contributed by atoms with Crippen LogP contribution in [0, 0.1) is 0 Å². The second kappa shape index (κ2) is 4.35. The molecule has 0 atom stereocenters. The number of rotatable bonds is 0. The molecule has 0 radical (unpaired) electrons. The first-order valence-electron chi connectivity index (χ1n) is 6.85. The van der Waals surface area contributed by atoms with Gasteiger partial charge in [0.25, 0.3) is 0 Å². The fraction of sp³-hybridized carbons (Fsp3) is 0.235. The van der Waals surface area contributed by atoms with Crippen LogP contribution in [0.15, 0.2) is 30.3 Å². The van der Waals surface area contributed by atoms with E-state index < -0.39 is 0 Å². The third-order valence-electron chi connectivity index (χ3n) is 4.11. The standard InChI is InChI=1S/C17H13ClO2/c18-14-4-2-6-16-17(14)13-7-10-3-1-5-15(19)12(10)8-11(13)9-20-16/h2,4,6-8H,1,3,5,9H2. The average molecular weight is 285 g/mol. The number of hydrogen-bond donors (Lipinski definition) is 0. The van der Waals surface area contributed by atoms with Crippen LogP contribution < -0.4 is 4.74 Å². The number of hydrogen-bond acceptors (Lipinski definition) is 2. The molecule has 2 nitrogen and oxygen atoms in total. The SMILES string of the molecule is O=C1CCCc2cc3c(cc21)COc1cccc(Cl)c1-3. The highest BCUT2D eigenvalue weighted by Gasteiger charge is 2.25. The summed E-state index contributed by atoms with van der Waals surface area (Å²) in [6.45, 7) is 0.503. The normalized spacial score (nSPS) is 15.9. The molecular formula is C17H13ClO2. The van der Waals surface area contributed by atoms with Gasteiger partial charge in [0.1, 0.15) is 12.4 Å². The summed E-state index contributed by atoms with van der Waals surface area (Å²) in [6.07, 6.45) is 2.56. The van der Waals surface area contributed by atoms with E-state index in [2.05, 4.69) is 6.07 Å². The number of benzene rings is 2. The molecule has 0 fully saturated rings. The number of ketones is 1. The molecule has 0 saturated heterocycles. The molecule has 2 aromatic carbocycles. The zero-order valence-electron chi connectivity index (χ0n) is 10.9. The molecule has 0 amide bonds. The Bertz CT molecular complexity index is 734. The van der Waals surface area contributed by atoms with Crippen LogP contribution in [0.4, 0.5) is 0 Å². The molecule has 0 unspecified atom stereocenters. The minimum Gasteiger partial charge on any atom is -0.488 e. The van der Waals surface area contributed by atoms with Gasteiger partial charge in [-0.05, 0) is 53.8 Å². The fourth-order valence-corrected chi connectivity index (χ4v) is 3.39. The molecule has 3 heteroatoms. The number of halogens is 1. The summed E-state index contributed by atoms with van der Waals surface area (Å²) < 4.78 is 5.76. The zero-order chi connectivity index (χ0) is 13.7. The van der Waals surface area contributed by atoms with E-state index in [1.165, 1.54) is 0 Å². The molecule has 1 aliphatic heterocycles. The van der Waals surface area contributed by atoms with Crippen LogP contribution in [-0.4, -0.2) is 5.78 Å². The van der Waals surface area contributed by atoms with Crippen molar-refractivity contribution < 1.29 is 9.53 Å². The summed E-state index contributed by atoms with van der Waals surface area (Å²) in [7, 11) is 0. The average Bonchev–Trinajstić information content (AvgIpc) is 2.46. The van der Waals surface area contributed by atoms with E-state index in [4.69, 9.17) is 16.3 Å². The number of ether oxygens (including phenoxy) is 1. The Hall–Kier alpha value is -1.80. The first-order chi connectivity index (χ1) is 9.74. The van der Waals surface area contributed by atoms with Gasteiger partial charge in [0.05, 0.1) is 5.02 Å². The molecule has 1 heterocycles. The maximum absolute atomic E-state index is 12.0. The third kappa shape index (κ3) is 1.68. The van der Waals surface area contributed by atoms with Crippen LogP contribution in [0.2, 0.25) is 5.02 Å². The van der Waals surface area contributed by atoms with Crippen molar-refractivity contribution in [1.82, 2.24) is 0 Å². The lowest BCUT2D eigenvalue weighted by Crippen LogP contribution is -2.14. The van der Waals surface area contributed by atoms with E-state index in [0.717, 1.165) is 46.4 Å². The molecule has 100 valence electrons.